The minimum Gasteiger partial charge on any atom is -0.343 e. The second-order valence-electron chi connectivity index (χ2n) is 5.88. The normalized spacial score (nSPS) is 26.4. The molecule has 104 valence electrons. The Hall–Kier alpha value is -1.06. The molecule has 0 saturated carbocycles. The molecule has 1 aliphatic rings. The number of rotatable bonds is 5. The summed E-state index contributed by atoms with van der Waals surface area (Å²) in [6, 6.07) is -0.671. The van der Waals surface area contributed by atoms with E-state index in [0.717, 1.165) is 6.42 Å². The quantitative estimate of drug-likeness (QED) is 0.813. The lowest BCUT2D eigenvalue weighted by molar-refractivity contribution is -0.149. The SMILES string of the molecule is CCC1C(=O)NC(C)C(=O)N1CC(C)CC(C)C. The molecule has 0 radical (unpaired) electrons. The number of piperazine rings is 1. The first-order chi connectivity index (χ1) is 8.36. The van der Waals surface area contributed by atoms with Crippen molar-refractivity contribution in [3.63, 3.8) is 0 Å². The van der Waals surface area contributed by atoms with Crippen molar-refractivity contribution in [1.29, 1.82) is 0 Å². The van der Waals surface area contributed by atoms with Crippen LogP contribution in [0.25, 0.3) is 0 Å². The number of hydrogen-bond donors (Lipinski definition) is 1. The molecule has 1 heterocycles. The average molecular weight is 254 g/mol. The summed E-state index contributed by atoms with van der Waals surface area (Å²) in [5.74, 6) is 1.09. The minimum atomic E-state index is -0.383. The molecule has 0 aromatic heterocycles. The van der Waals surface area contributed by atoms with E-state index in [1.165, 1.54) is 0 Å². The molecule has 0 aromatic carbocycles. The Balaban J connectivity index is 2.74. The van der Waals surface area contributed by atoms with Gasteiger partial charge in [-0.05, 0) is 31.6 Å². The topological polar surface area (TPSA) is 49.4 Å². The molecule has 0 aromatic rings. The first-order valence-electron chi connectivity index (χ1n) is 6.97. The maximum atomic E-state index is 12.2. The number of carbonyl (C=O) groups is 2. The predicted molar refractivity (Wildman–Crippen MR) is 72.0 cm³/mol. The van der Waals surface area contributed by atoms with Gasteiger partial charge in [-0.15, -0.1) is 0 Å². The molecule has 3 unspecified atom stereocenters. The molecule has 1 aliphatic heterocycles. The van der Waals surface area contributed by atoms with Gasteiger partial charge in [-0.1, -0.05) is 27.7 Å². The lowest BCUT2D eigenvalue weighted by Gasteiger charge is -2.39. The van der Waals surface area contributed by atoms with E-state index in [2.05, 4.69) is 26.1 Å². The summed E-state index contributed by atoms with van der Waals surface area (Å²) >= 11 is 0. The summed E-state index contributed by atoms with van der Waals surface area (Å²) in [7, 11) is 0. The summed E-state index contributed by atoms with van der Waals surface area (Å²) in [6.07, 6.45) is 1.76. The molecule has 4 heteroatoms. The molecular weight excluding hydrogens is 228 g/mol. The highest BCUT2D eigenvalue weighted by Gasteiger charge is 2.37. The van der Waals surface area contributed by atoms with Gasteiger partial charge in [-0.25, -0.2) is 0 Å². The zero-order valence-corrected chi connectivity index (χ0v) is 12.2. The summed E-state index contributed by atoms with van der Waals surface area (Å²) < 4.78 is 0. The average Bonchev–Trinajstić information content (AvgIpc) is 2.24. The van der Waals surface area contributed by atoms with Crippen LogP contribution in [0, 0.1) is 11.8 Å². The molecule has 1 N–H and O–H groups in total. The van der Waals surface area contributed by atoms with Crippen LogP contribution >= 0.6 is 0 Å². The Bertz CT molecular complexity index is 315. The van der Waals surface area contributed by atoms with Crippen LogP contribution in [0.4, 0.5) is 0 Å². The molecule has 1 rings (SSSR count). The first-order valence-corrected chi connectivity index (χ1v) is 6.97. The highest BCUT2D eigenvalue weighted by Crippen LogP contribution is 2.18. The second-order valence-corrected chi connectivity index (χ2v) is 5.88. The Morgan fingerprint density at radius 1 is 1.28 bits per heavy atom. The van der Waals surface area contributed by atoms with E-state index >= 15 is 0 Å². The monoisotopic (exact) mass is 254 g/mol. The Kier molecular flexibility index (Phi) is 5.17. The van der Waals surface area contributed by atoms with E-state index in [9.17, 15) is 9.59 Å². The Labute approximate surface area is 110 Å². The summed E-state index contributed by atoms with van der Waals surface area (Å²) in [4.78, 5) is 25.8. The first kappa shape index (κ1) is 15.0. The van der Waals surface area contributed by atoms with Gasteiger partial charge in [0.05, 0.1) is 0 Å². The molecule has 0 bridgehead atoms. The molecule has 4 nitrogen and oxygen atoms in total. The molecular formula is C14H26N2O2. The fraction of sp³-hybridized carbons (Fsp3) is 0.857. The molecule has 1 fully saturated rings. The van der Waals surface area contributed by atoms with Crippen molar-refractivity contribution in [3.8, 4) is 0 Å². The molecule has 18 heavy (non-hydrogen) atoms. The van der Waals surface area contributed by atoms with Crippen molar-refractivity contribution in [2.45, 2.75) is 59.5 Å². The Morgan fingerprint density at radius 2 is 1.89 bits per heavy atom. The number of carbonyl (C=O) groups excluding carboxylic acids is 2. The van der Waals surface area contributed by atoms with Gasteiger partial charge in [-0.2, -0.15) is 0 Å². The van der Waals surface area contributed by atoms with E-state index in [4.69, 9.17) is 0 Å². The number of nitrogens with one attached hydrogen (secondary N) is 1. The standard InChI is InChI=1S/C14H26N2O2/c1-6-12-13(17)15-11(5)14(18)16(12)8-10(4)7-9(2)3/h9-12H,6-8H2,1-5H3,(H,15,17). The Morgan fingerprint density at radius 3 is 2.39 bits per heavy atom. The largest absolute Gasteiger partial charge is 0.343 e. The zero-order chi connectivity index (χ0) is 13.9. The van der Waals surface area contributed by atoms with Crippen LogP contribution in [0.3, 0.4) is 0 Å². The fourth-order valence-electron chi connectivity index (χ4n) is 2.75. The van der Waals surface area contributed by atoms with Crippen molar-refractivity contribution in [2.24, 2.45) is 11.8 Å². The molecule has 0 aliphatic carbocycles. The van der Waals surface area contributed by atoms with Crippen LogP contribution in [0.1, 0.15) is 47.5 Å². The summed E-state index contributed by atoms with van der Waals surface area (Å²) in [5, 5.41) is 2.74. The van der Waals surface area contributed by atoms with Crippen LogP contribution in [0.2, 0.25) is 0 Å². The number of nitrogens with zero attached hydrogens (tertiary/aromatic N) is 1. The molecule has 1 saturated heterocycles. The van der Waals surface area contributed by atoms with Gasteiger partial charge < -0.3 is 10.2 Å². The van der Waals surface area contributed by atoms with Gasteiger partial charge in [0.25, 0.3) is 0 Å². The van der Waals surface area contributed by atoms with Crippen LogP contribution in [-0.4, -0.2) is 35.3 Å². The van der Waals surface area contributed by atoms with Crippen LogP contribution in [0.15, 0.2) is 0 Å². The third kappa shape index (κ3) is 3.47. The van der Waals surface area contributed by atoms with Crippen LogP contribution in [-0.2, 0) is 9.59 Å². The van der Waals surface area contributed by atoms with E-state index in [1.54, 1.807) is 11.8 Å². The number of amides is 2. The zero-order valence-electron chi connectivity index (χ0n) is 12.2. The van der Waals surface area contributed by atoms with Crippen molar-refractivity contribution in [1.82, 2.24) is 10.2 Å². The van der Waals surface area contributed by atoms with Crippen molar-refractivity contribution in [2.75, 3.05) is 6.54 Å². The van der Waals surface area contributed by atoms with E-state index < -0.39 is 0 Å². The number of hydrogen-bond acceptors (Lipinski definition) is 2. The smallest absolute Gasteiger partial charge is 0.245 e. The molecule has 2 amide bonds. The fourth-order valence-corrected chi connectivity index (χ4v) is 2.75. The predicted octanol–water partition coefficient (Wildman–Crippen LogP) is 1.79. The molecule has 3 atom stereocenters. The van der Waals surface area contributed by atoms with Gasteiger partial charge in [0.1, 0.15) is 12.1 Å². The van der Waals surface area contributed by atoms with Gasteiger partial charge in [0.2, 0.25) is 11.8 Å². The van der Waals surface area contributed by atoms with Crippen molar-refractivity contribution < 1.29 is 9.59 Å². The van der Waals surface area contributed by atoms with Gasteiger partial charge in [-0.3, -0.25) is 9.59 Å². The maximum absolute atomic E-state index is 12.2. The van der Waals surface area contributed by atoms with E-state index in [1.807, 2.05) is 6.92 Å². The summed E-state index contributed by atoms with van der Waals surface area (Å²) in [6.45, 7) is 10.9. The third-order valence-electron chi connectivity index (χ3n) is 3.46. The molecule has 0 spiro atoms. The maximum Gasteiger partial charge on any atom is 0.245 e. The lowest BCUT2D eigenvalue weighted by Crippen LogP contribution is -2.62. The van der Waals surface area contributed by atoms with E-state index in [0.29, 0.717) is 24.8 Å². The second kappa shape index (κ2) is 6.21. The highest BCUT2D eigenvalue weighted by molar-refractivity contribution is 5.96. The van der Waals surface area contributed by atoms with Crippen molar-refractivity contribution >= 4 is 11.8 Å². The summed E-state index contributed by atoms with van der Waals surface area (Å²) in [5.41, 5.74) is 0. The minimum absolute atomic E-state index is 0.0126. The van der Waals surface area contributed by atoms with Crippen LogP contribution < -0.4 is 5.32 Å². The van der Waals surface area contributed by atoms with Gasteiger partial charge in [0, 0.05) is 6.54 Å². The van der Waals surface area contributed by atoms with Gasteiger partial charge in [0.15, 0.2) is 0 Å². The van der Waals surface area contributed by atoms with Crippen molar-refractivity contribution in [3.05, 3.63) is 0 Å². The highest BCUT2D eigenvalue weighted by atomic mass is 16.2. The van der Waals surface area contributed by atoms with E-state index in [-0.39, 0.29) is 23.9 Å². The lowest BCUT2D eigenvalue weighted by atomic mass is 9.96. The van der Waals surface area contributed by atoms with Gasteiger partial charge >= 0.3 is 0 Å². The van der Waals surface area contributed by atoms with Crippen LogP contribution in [0.5, 0.6) is 0 Å². The third-order valence-corrected chi connectivity index (χ3v) is 3.46.